The van der Waals surface area contributed by atoms with E-state index in [-0.39, 0.29) is 17.5 Å². The summed E-state index contributed by atoms with van der Waals surface area (Å²) in [5.41, 5.74) is 0. The molecule has 0 aliphatic heterocycles. The van der Waals surface area contributed by atoms with Gasteiger partial charge in [0.15, 0.2) is 5.82 Å². The van der Waals surface area contributed by atoms with Gasteiger partial charge in [0.2, 0.25) is 10.0 Å². The van der Waals surface area contributed by atoms with E-state index in [0.29, 0.717) is 0 Å². The molecule has 0 saturated heterocycles. The first-order valence-corrected chi connectivity index (χ1v) is 7.71. The number of aliphatic hydroxyl groups excluding tert-OH is 1. The van der Waals surface area contributed by atoms with E-state index in [1.807, 2.05) is 0 Å². The average Bonchev–Trinajstić information content (AvgIpc) is 2.32. The molecule has 0 aromatic heterocycles. The third-order valence-corrected chi connectivity index (χ3v) is 4.90. The van der Waals surface area contributed by atoms with Crippen LogP contribution in [-0.2, 0) is 10.0 Å². The molecule has 0 saturated carbocycles. The zero-order valence-electron chi connectivity index (χ0n) is 10.3. The third-order valence-electron chi connectivity index (χ3n) is 2.60. The molecule has 1 atom stereocenters. The number of hydrogen-bond donors (Lipinski definition) is 2. The van der Waals surface area contributed by atoms with Crippen molar-refractivity contribution in [2.45, 2.75) is 24.8 Å². The maximum atomic E-state index is 13.5. The Morgan fingerprint density at radius 3 is 2.42 bits per heavy atom. The lowest BCUT2D eigenvalue weighted by Crippen LogP contribution is -2.41. The van der Waals surface area contributed by atoms with Crippen LogP contribution in [0.4, 0.5) is 4.39 Å². The van der Waals surface area contributed by atoms with E-state index in [1.54, 1.807) is 13.8 Å². The first-order chi connectivity index (χ1) is 8.70. The highest BCUT2D eigenvalue weighted by Crippen LogP contribution is 2.29. The van der Waals surface area contributed by atoms with E-state index < -0.39 is 31.8 Å². The summed E-state index contributed by atoms with van der Waals surface area (Å²) in [4.78, 5) is -0.407. The predicted molar refractivity (Wildman–Crippen MR) is 72.5 cm³/mol. The molecule has 0 aliphatic carbocycles. The molecule has 4 nitrogen and oxygen atoms in total. The van der Waals surface area contributed by atoms with Gasteiger partial charge >= 0.3 is 0 Å². The molecule has 0 aliphatic rings. The Labute approximate surface area is 121 Å². The van der Waals surface area contributed by atoms with Crippen LogP contribution in [0.25, 0.3) is 0 Å². The Morgan fingerprint density at radius 1 is 1.37 bits per heavy atom. The van der Waals surface area contributed by atoms with Crippen molar-refractivity contribution in [1.29, 1.82) is 0 Å². The number of nitrogens with one attached hydrogen (secondary N) is 1. The summed E-state index contributed by atoms with van der Waals surface area (Å²) in [5.74, 6) is -1.12. The van der Waals surface area contributed by atoms with Crippen molar-refractivity contribution in [2.75, 3.05) is 6.61 Å². The highest BCUT2D eigenvalue weighted by molar-refractivity contribution is 7.89. The Hall–Kier alpha value is -0.400. The summed E-state index contributed by atoms with van der Waals surface area (Å²) >= 11 is 11.2. The standard InChI is InChI=1S/C11H14Cl2FNO3S/c1-6(2)8(5-16)15-19(17,18)9-4-3-7(12)11(14)10(9)13/h3-4,6,8,15-16H,5H2,1-2H3. The Morgan fingerprint density at radius 2 is 1.95 bits per heavy atom. The molecule has 0 heterocycles. The van der Waals surface area contributed by atoms with Gasteiger partial charge in [-0.1, -0.05) is 37.0 Å². The van der Waals surface area contributed by atoms with Gasteiger partial charge in [-0.3, -0.25) is 0 Å². The smallest absolute Gasteiger partial charge is 0.242 e. The molecule has 1 aromatic rings. The van der Waals surface area contributed by atoms with Crippen LogP contribution in [0, 0.1) is 11.7 Å². The lowest BCUT2D eigenvalue weighted by Gasteiger charge is -2.20. The van der Waals surface area contributed by atoms with Crippen LogP contribution >= 0.6 is 23.2 Å². The van der Waals surface area contributed by atoms with Crippen molar-refractivity contribution in [3.8, 4) is 0 Å². The topological polar surface area (TPSA) is 66.4 Å². The molecule has 1 aromatic carbocycles. The zero-order chi connectivity index (χ0) is 14.8. The van der Waals surface area contributed by atoms with Crippen molar-refractivity contribution in [2.24, 2.45) is 5.92 Å². The van der Waals surface area contributed by atoms with E-state index in [4.69, 9.17) is 28.3 Å². The predicted octanol–water partition coefficient (Wildman–Crippen LogP) is 2.43. The van der Waals surface area contributed by atoms with E-state index in [9.17, 15) is 12.8 Å². The fourth-order valence-electron chi connectivity index (χ4n) is 1.36. The quantitative estimate of drug-likeness (QED) is 0.815. The molecule has 0 spiro atoms. The molecule has 1 rings (SSSR count). The maximum absolute atomic E-state index is 13.5. The lowest BCUT2D eigenvalue weighted by atomic mass is 10.1. The monoisotopic (exact) mass is 329 g/mol. The van der Waals surface area contributed by atoms with E-state index in [2.05, 4.69) is 4.72 Å². The minimum absolute atomic E-state index is 0.129. The van der Waals surface area contributed by atoms with Crippen LogP contribution in [-0.4, -0.2) is 26.2 Å². The van der Waals surface area contributed by atoms with Gasteiger partial charge in [0.25, 0.3) is 0 Å². The maximum Gasteiger partial charge on any atom is 0.242 e. The van der Waals surface area contributed by atoms with Crippen LogP contribution in [0.1, 0.15) is 13.8 Å². The van der Waals surface area contributed by atoms with Gasteiger partial charge in [0.05, 0.1) is 16.7 Å². The van der Waals surface area contributed by atoms with Crippen molar-refractivity contribution in [3.05, 3.63) is 28.0 Å². The van der Waals surface area contributed by atoms with Crippen molar-refractivity contribution >= 4 is 33.2 Å². The van der Waals surface area contributed by atoms with Crippen LogP contribution in [0.15, 0.2) is 17.0 Å². The fraction of sp³-hybridized carbons (Fsp3) is 0.455. The first-order valence-electron chi connectivity index (χ1n) is 5.47. The number of rotatable bonds is 5. The summed E-state index contributed by atoms with van der Waals surface area (Å²) in [7, 11) is -4.03. The third kappa shape index (κ3) is 3.79. The minimum atomic E-state index is -4.03. The summed E-state index contributed by atoms with van der Waals surface area (Å²) in [6.45, 7) is 3.12. The number of halogens is 3. The molecule has 1 unspecified atom stereocenters. The van der Waals surface area contributed by atoms with Crippen LogP contribution in [0.5, 0.6) is 0 Å². The summed E-state index contributed by atoms with van der Waals surface area (Å²) in [5, 5.41) is 8.29. The molecule has 0 amide bonds. The van der Waals surface area contributed by atoms with Crippen molar-refractivity contribution in [1.82, 2.24) is 4.72 Å². The molecule has 2 N–H and O–H groups in total. The lowest BCUT2D eigenvalue weighted by molar-refractivity contribution is 0.227. The second-order valence-electron chi connectivity index (χ2n) is 4.33. The highest BCUT2D eigenvalue weighted by Gasteiger charge is 2.26. The number of sulfonamides is 1. The van der Waals surface area contributed by atoms with Gasteiger partial charge in [-0.15, -0.1) is 0 Å². The van der Waals surface area contributed by atoms with E-state index >= 15 is 0 Å². The SMILES string of the molecule is CC(C)C(CO)NS(=O)(=O)c1ccc(Cl)c(F)c1Cl. The van der Waals surface area contributed by atoms with Crippen LogP contribution in [0.3, 0.4) is 0 Å². The number of aliphatic hydroxyl groups is 1. The molecule has 108 valence electrons. The molecule has 0 fully saturated rings. The molecular weight excluding hydrogens is 316 g/mol. The minimum Gasteiger partial charge on any atom is -0.395 e. The molecule has 8 heteroatoms. The zero-order valence-corrected chi connectivity index (χ0v) is 12.7. The Bertz CT molecular complexity index is 563. The second kappa shape index (κ2) is 6.37. The van der Waals surface area contributed by atoms with Gasteiger partial charge in [-0.2, -0.15) is 0 Å². The van der Waals surface area contributed by atoms with Gasteiger partial charge in [0, 0.05) is 6.04 Å². The highest BCUT2D eigenvalue weighted by atomic mass is 35.5. The van der Waals surface area contributed by atoms with Crippen molar-refractivity contribution in [3.63, 3.8) is 0 Å². The average molecular weight is 330 g/mol. The first kappa shape index (κ1) is 16.7. The fourth-order valence-corrected chi connectivity index (χ4v) is 3.48. The van der Waals surface area contributed by atoms with Gasteiger partial charge in [-0.05, 0) is 18.1 Å². The van der Waals surface area contributed by atoms with Crippen molar-refractivity contribution < 1.29 is 17.9 Å². The molecular formula is C11H14Cl2FNO3S. The number of benzene rings is 1. The van der Waals surface area contributed by atoms with E-state index in [0.717, 1.165) is 12.1 Å². The number of hydrogen-bond acceptors (Lipinski definition) is 3. The normalized spacial score (nSPS) is 13.8. The molecule has 0 bridgehead atoms. The summed E-state index contributed by atoms with van der Waals surface area (Å²) in [6.07, 6.45) is 0. The van der Waals surface area contributed by atoms with Crippen LogP contribution < -0.4 is 4.72 Å². The van der Waals surface area contributed by atoms with Gasteiger partial charge in [-0.25, -0.2) is 17.5 Å². The Kier molecular flexibility index (Phi) is 5.58. The summed E-state index contributed by atoms with van der Waals surface area (Å²) in [6, 6.07) is 1.55. The summed E-state index contributed by atoms with van der Waals surface area (Å²) < 4.78 is 39.9. The second-order valence-corrected chi connectivity index (χ2v) is 6.80. The Balaban J connectivity index is 3.18. The van der Waals surface area contributed by atoms with Gasteiger partial charge < -0.3 is 5.11 Å². The van der Waals surface area contributed by atoms with Crippen LogP contribution in [0.2, 0.25) is 10.0 Å². The molecule has 0 radical (unpaired) electrons. The van der Waals surface area contributed by atoms with E-state index in [1.165, 1.54) is 0 Å². The molecule has 19 heavy (non-hydrogen) atoms. The van der Waals surface area contributed by atoms with Gasteiger partial charge in [0.1, 0.15) is 4.90 Å². The largest absolute Gasteiger partial charge is 0.395 e.